The number of carboxylic acids is 1. The number of alkyl halides is 3. The van der Waals surface area contributed by atoms with E-state index in [-0.39, 0.29) is 31.5 Å². The highest BCUT2D eigenvalue weighted by Crippen LogP contribution is 2.30. The van der Waals surface area contributed by atoms with Crippen molar-refractivity contribution >= 4 is 11.9 Å². The van der Waals surface area contributed by atoms with Gasteiger partial charge in [0.05, 0.1) is 24.2 Å². The highest BCUT2D eigenvalue weighted by Gasteiger charge is 2.31. The van der Waals surface area contributed by atoms with Gasteiger partial charge in [-0.1, -0.05) is 24.3 Å². The first-order chi connectivity index (χ1) is 16.1. The topological polar surface area (TPSA) is 88.5 Å². The first-order valence-corrected chi connectivity index (χ1v) is 10.2. The molecule has 10 heteroatoms. The van der Waals surface area contributed by atoms with E-state index in [9.17, 15) is 27.2 Å². The molecule has 0 atom stereocenters. The maximum atomic E-state index is 14.1. The molecule has 0 aliphatic rings. The lowest BCUT2D eigenvalue weighted by atomic mass is 10.0. The number of pyridine rings is 1. The summed E-state index contributed by atoms with van der Waals surface area (Å²) in [5, 5.41) is 11.5. The van der Waals surface area contributed by atoms with Gasteiger partial charge in [0.1, 0.15) is 5.82 Å². The highest BCUT2D eigenvalue weighted by molar-refractivity contribution is 5.94. The summed E-state index contributed by atoms with van der Waals surface area (Å²) in [7, 11) is 0. The number of ether oxygens (including phenoxy) is 1. The van der Waals surface area contributed by atoms with Gasteiger partial charge >= 0.3 is 12.1 Å². The van der Waals surface area contributed by atoms with E-state index in [1.165, 1.54) is 6.20 Å². The summed E-state index contributed by atoms with van der Waals surface area (Å²) in [6.45, 7) is 1.89. The van der Waals surface area contributed by atoms with Gasteiger partial charge in [-0.15, -0.1) is 0 Å². The van der Waals surface area contributed by atoms with Gasteiger partial charge < -0.3 is 15.2 Å². The maximum Gasteiger partial charge on any atom is 0.416 e. The van der Waals surface area contributed by atoms with Gasteiger partial charge in [0.25, 0.3) is 5.91 Å². The van der Waals surface area contributed by atoms with Crippen molar-refractivity contribution in [3.05, 3.63) is 82.8 Å². The van der Waals surface area contributed by atoms with Crippen LogP contribution >= 0.6 is 0 Å². The predicted molar refractivity (Wildman–Crippen MR) is 115 cm³/mol. The number of carbonyl (C=O) groups excluding carboxylic acids is 1. The molecule has 1 amide bonds. The maximum absolute atomic E-state index is 14.1. The van der Waals surface area contributed by atoms with E-state index in [4.69, 9.17) is 9.84 Å². The molecule has 0 radical (unpaired) electrons. The van der Waals surface area contributed by atoms with E-state index in [1.54, 1.807) is 37.3 Å². The third-order valence-corrected chi connectivity index (χ3v) is 4.80. The van der Waals surface area contributed by atoms with Gasteiger partial charge in [0.2, 0.25) is 5.88 Å². The van der Waals surface area contributed by atoms with Gasteiger partial charge in [0, 0.05) is 23.9 Å². The van der Waals surface area contributed by atoms with Crippen LogP contribution in [0.4, 0.5) is 17.6 Å². The Balaban J connectivity index is 1.83. The number of amides is 1. The number of benzene rings is 2. The second-order valence-corrected chi connectivity index (χ2v) is 7.27. The van der Waals surface area contributed by atoms with Gasteiger partial charge in [-0.2, -0.15) is 13.2 Å². The van der Waals surface area contributed by atoms with Crippen molar-refractivity contribution in [2.75, 3.05) is 6.61 Å². The third kappa shape index (κ3) is 6.09. The van der Waals surface area contributed by atoms with Crippen LogP contribution in [0.5, 0.6) is 5.88 Å². The SMILES string of the molecule is CCOc1ncc(-c2cccc(CC(=O)O)c2)cc1CNC(=O)c1ccc(C(F)(F)F)cc1F. The summed E-state index contributed by atoms with van der Waals surface area (Å²) < 4.78 is 57.8. The molecule has 3 aromatic rings. The Bertz CT molecular complexity index is 1210. The lowest BCUT2D eigenvalue weighted by Crippen LogP contribution is -2.24. The number of aromatic nitrogens is 1. The number of rotatable bonds is 8. The molecule has 0 saturated heterocycles. The van der Waals surface area contributed by atoms with E-state index in [0.29, 0.717) is 28.3 Å². The van der Waals surface area contributed by atoms with E-state index < -0.39 is 35.0 Å². The quantitative estimate of drug-likeness (QED) is 0.454. The summed E-state index contributed by atoms with van der Waals surface area (Å²) in [5.41, 5.74) is 0.630. The van der Waals surface area contributed by atoms with Crippen molar-refractivity contribution < 1.29 is 37.0 Å². The van der Waals surface area contributed by atoms with E-state index >= 15 is 0 Å². The van der Waals surface area contributed by atoms with Crippen LogP contribution in [0, 0.1) is 5.82 Å². The fraction of sp³-hybridized carbons (Fsp3) is 0.208. The molecule has 3 rings (SSSR count). The van der Waals surface area contributed by atoms with Crippen molar-refractivity contribution in [3.63, 3.8) is 0 Å². The Labute approximate surface area is 192 Å². The van der Waals surface area contributed by atoms with Crippen molar-refractivity contribution in [1.29, 1.82) is 0 Å². The van der Waals surface area contributed by atoms with Crippen LogP contribution in [0.3, 0.4) is 0 Å². The van der Waals surface area contributed by atoms with E-state index in [1.807, 2.05) is 0 Å². The Morgan fingerprint density at radius 2 is 1.85 bits per heavy atom. The summed E-state index contributed by atoms with van der Waals surface area (Å²) >= 11 is 0. The number of carbonyl (C=O) groups is 2. The molecule has 0 aliphatic carbocycles. The monoisotopic (exact) mass is 476 g/mol. The molecule has 2 aromatic carbocycles. The van der Waals surface area contributed by atoms with Gasteiger partial charge in [0.15, 0.2) is 0 Å². The minimum atomic E-state index is -4.73. The number of nitrogens with one attached hydrogen (secondary N) is 1. The Morgan fingerprint density at radius 3 is 2.50 bits per heavy atom. The lowest BCUT2D eigenvalue weighted by Gasteiger charge is -2.13. The molecule has 1 heterocycles. The molecular formula is C24H20F4N2O4. The molecule has 0 unspecified atom stereocenters. The highest BCUT2D eigenvalue weighted by atomic mass is 19.4. The zero-order valence-electron chi connectivity index (χ0n) is 17.9. The van der Waals surface area contributed by atoms with E-state index in [2.05, 4.69) is 10.3 Å². The molecule has 0 spiro atoms. The second kappa shape index (κ2) is 10.3. The number of hydrogen-bond donors (Lipinski definition) is 2. The van der Waals surface area contributed by atoms with Gasteiger partial charge in [-0.25, -0.2) is 9.37 Å². The predicted octanol–water partition coefficient (Wildman–Crippen LogP) is 4.86. The van der Waals surface area contributed by atoms with Crippen LogP contribution in [-0.2, 0) is 23.9 Å². The molecule has 0 aliphatic heterocycles. The fourth-order valence-corrected chi connectivity index (χ4v) is 3.23. The van der Waals surface area contributed by atoms with Gasteiger partial charge in [-0.05, 0) is 42.3 Å². The van der Waals surface area contributed by atoms with Crippen molar-refractivity contribution in [1.82, 2.24) is 10.3 Å². The normalized spacial score (nSPS) is 11.2. The Hall–Kier alpha value is -3.95. The smallest absolute Gasteiger partial charge is 0.416 e. The summed E-state index contributed by atoms with van der Waals surface area (Å²) in [6.07, 6.45) is -3.35. The first kappa shape index (κ1) is 24.7. The summed E-state index contributed by atoms with van der Waals surface area (Å²) in [4.78, 5) is 27.7. The lowest BCUT2D eigenvalue weighted by molar-refractivity contribution is -0.138. The zero-order chi connectivity index (χ0) is 24.9. The van der Waals surface area contributed by atoms with Crippen molar-refractivity contribution in [3.8, 4) is 17.0 Å². The number of carboxylic acid groups (broad SMARTS) is 1. The summed E-state index contributed by atoms with van der Waals surface area (Å²) in [5.74, 6) is -2.94. The van der Waals surface area contributed by atoms with Crippen LogP contribution in [0.15, 0.2) is 54.7 Å². The molecule has 0 fully saturated rings. The summed E-state index contributed by atoms with van der Waals surface area (Å²) in [6, 6.07) is 10.2. The second-order valence-electron chi connectivity index (χ2n) is 7.27. The minimum Gasteiger partial charge on any atom is -0.481 e. The minimum absolute atomic E-state index is 0.135. The standard InChI is InChI=1S/C24H20F4N2O4/c1-2-34-23-17(10-16(12-30-23)15-5-3-4-14(8-15)9-21(31)32)13-29-22(33)19-7-6-18(11-20(19)25)24(26,27)28/h3-8,10-12H,2,9,13H2,1H3,(H,29,33)(H,31,32). The average Bonchev–Trinajstić information content (AvgIpc) is 2.77. The van der Waals surface area contributed by atoms with Crippen molar-refractivity contribution in [2.45, 2.75) is 26.1 Å². The van der Waals surface area contributed by atoms with Crippen LogP contribution in [0.2, 0.25) is 0 Å². The van der Waals surface area contributed by atoms with Crippen LogP contribution in [-0.4, -0.2) is 28.6 Å². The van der Waals surface area contributed by atoms with Crippen LogP contribution in [0.1, 0.15) is 34.0 Å². The molecule has 1 aromatic heterocycles. The Kier molecular flexibility index (Phi) is 7.50. The third-order valence-electron chi connectivity index (χ3n) is 4.80. The molecule has 2 N–H and O–H groups in total. The fourth-order valence-electron chi connectivity index (χ4n) is 3.23. The van der Waals surface area contributed by atoms with Crippen LogP contribution < -0.4 is 10.1 Å². The number of aliphatic carboxylic acids is 1. The molecule has 0 bridgehead atoms. The Morgan fingerprint density at radius 1 is 1.09 bits per heavy atom. The van der Waals surface area contributed by atoms with Gasteiger partial charge in [-0.3, -0.25) is 9.59 Å². The molecule has 0 saturated carbocycles. The average molecular weight is 476 g/mol. The molecule has 178 valence electrons. The van der Waals surface area contributed by atoms with E-state index in [0.717, 1.165) is 6.07 Å². The number of hydrogen-bond acceptors (Lipinski definition) is 4. The zero-order valence-corrected chi connectivity index (χ0v) is 17.9. The largest absolute Gasteiger partial charge is 0.481 e. The molecular weight excluding hydrogens is 456 g/mol. The molecule has 34 heavy (non-hydrogen) atoms. The number of halogens is 4. The molecule has 6 nitrogen and oxygen atoms in total. The van der Waals surface area contributed by atoms with Crippen molar-refractivity contribution in [2.24, 2.45) is 0 Å². The number of nitrogens with zero attached hydrogens (tertiary/aromatic N) is 1. The van der Waals surface area contributed by atoms with Crippen LogP contribution in [0.25, 0.3) is 11.1 Å². The first-order valence-electron chi connectivity index (χ1n) is 10.2.